The molecule has 2 aliphatic rings. The van der Waals surface area contributed by atoms with Crippen LogP contribution in [0.15, 0.2) is 35.9 Å². The number of hydrogen-bond donors (Lipinski definition) is 0. The lowest BCUT2D eigenvalue weighted by Gasteiger charge is -2.29. The lowest BCUT2D eigenvalue weighted by molar-refractivity contribution is -0.139. The predicted molar refractivity (Wildman–Crippen MR) is 112 cm³/mol. The van der Waals surface area contributed by atoms with Gasteiger partial charge in [0.25, 0.3) is 0 Å². The lowest BCUT2D eigenvalue weighted by Crippen LogP contribution is -2.14. The smallest absolute Gasteiger partial charge is 0.333 e. The maximum atomic E-state index is 12.0. The molecule has 1 unspecified atom stereocenters. The van der Waals surface area contributed by atoms with Crippen molar-refractivity contribution in [2.75, 3.05) is 6.61 Å². The van der Waals surface area contributed by atoms with E-state index < -0.39 is 0 Å². The molecule has 0 aromatic heterocycles. The summed E-state index contributed by atoms with van der Waals surface area (Å²) in [6.07, 6.45) is 14.1. The quantitative estimate of drug-likeness (QED) is 0.489. The second-order valence-corrected chi connectivity index (χ2v) is 8.51. The first-order chi connectivity index (χ1) is 13.2. The number of allylic oxidation sites excluding steroid dienone is 1. The van der Waals surface area contributed by atoms with Crippen LogP contribution in [0.25, 0.3) is 0 Å². The highest BCUT2D eigenvalue weighted by molar-refractivity contribution is 5.88. The Bertz CT molecular complexity index is 620. The van der Waals surface area contributed by atoms with Crippen LogP contribution in [-0.2, 0) is 9.53 Å². The highest BCUT2D eigenvalue weighted by atomic mass is 16.5. The van der Waals surface area contributed by atoms with Gasteiger partial charge in [-0.05, 0) is 80.2 Å². The molecule has 1 aromatic rings. The van der Waals surface area contributed by atoms with Crippen molar-refractivity contribution in [3.8, 4) is 0 Å². The zero-order chi connectivity index (χ0) is 19.1. The Kier molecular flexibility index (Phi) is 7.55. The van der Waals surface area contributed by atoms with Gasteiger partial charge in [0.1, 0.15) is 0 Å². The highest BCUT2D eigenvalue weighted by Gasteiger charge is 2.23. The number of ether oxygens (including phenoxy) is 1. The molecule has 0 heterocycles. The zero-order valence-electron chi connectivity index (χ0n) is 17.2. The largest absolute Gasteiger partial charge is 0.462 e. The molecule has 2 heteroatoms. The summed E-state index contributed by atoms with van der Waals surface area (Å²) < 4.78 is 5.27. The normalized spacial score (nSPS) is 25.7. The molecular formula is C25H36O2. The molecule has 0 spiro atoms. The number of carbonyl (C=O) groups is 1. The second kappa shape index (κ2) is 10.1. The Morgan fingerprint density at radius 1 is 0.926 bits per heavy atom. The fraction of sp³-hybridized carbons (Fsp3) is 0.640. The Hall–Kier alpha value is -1.57. The van der Waals surface area contributed by atoms with E-state index in [0.29, 0.717) is 12.5 Å². The Morgan fingerprint density at radius 2 is 1.59 bits per heavy atom. The Balaban J connectivity index is 1.53. The molecule has 1 fully saturated rings. The molecule has 1 atom stereocenters. The van der Waals surface area contributed by atoms with Crippen LogP contribution in [0.1, 0.15) is 101 Å². The van der Waals surface area contributed by atoms with Crippen molar-refractivity contribution in [1.29, 1.82) is 0 Å². The van der Waals surface area contributed by atoms with E-state index in [1.165, 1.54) is 49.7 Å². The lowest BCUT2D eigenvalue weighted by atomic mass is 9.76. The number of esters is 1. The monoisotopic (exact) mass is 368 g/mol. The van der Waals surface area contributed by atoms with E-state index in [9.17, 15) is 4.79 Å². The van der Waals surface area contributed by atoms with Crippen molar-refractivity contribution >= 4 is 5.97 Å². The van der Waals surface area contributed by atoms with Gasteiger partial charge in [-0.2, -0.15) is 0 Å². The first-order valence-electron chi connectivity index (χ1n) is 11.2. The van der Waals surface area contributed by atoms with E-state index in [4.69, 9.17) is 4.74 Å². The average molecular weight is 369 g/mol. The van der Waals surface area contributed by atoms with E-state index in [1.807, 2.05) is 6.92 Å². The summed E-state index contributed by atoms with van der Waals surface area (Å²) in [6.45, 7) is 4.86. The second-order valence-electron chi connectivity index (χ2n) is 8.51. The third-order valence-corrected chi connectivity index (χ3v) is 6.53. The SMILES string of the molecule is CCCOC(=O)C1=CCC(c2ccc(C3CCC(CCC)CC3)cc2)CC1. The van der Waals surface area contributed by atoms with Crippen molar-refractivity contribution < 1.29 is 9.53 Å². The van der Waals surface area contributed by atoms with E-state index in [0.717, 1.165) is 43.1 Å². The van der Waals surface area contributed by atoms with Crippen LogP contribution in [0.4, 0.5) is 0 Å². The van der Waals surface area contributed by atoms with Crippen molar-refractivity contribution in [3.05, 3.63) is 47.0 Å². The molecule has 0 saturated heterocycles. The molecule has 148 valence electrons. The van der Waals surface area contributed by atoms with Crippen molar-refractivity contribution in [3.63, 3.8) is 0 Å². The summed E-state index contributed by atoms with van der Waals surface area (Å²) in [6, 6.07) is 9.42. The predicted octanol–water partition coefficient (Wildman–Crippen LogP) is 6.91. The van der Waals surface area contributed by atoms with Gasteiger partial charge in [-0.25, -0.2) is 4.79 Å². The molecule has 2 aliphatic carbocycles. The van der Waals surface area contributed by atoms with Crippen molar-refractivity contribution in [2.24, 2.45) is 5.92 Å². The van der Waals surface area contributed by atoms with E-state index in [1.54, 1.807) is 0 Å². The minimum absolute atomic E-state index is 0.107. The van der Waals surface area contributed by atoms with E-state index in [2.05, 4.69) is 37.3 Å². The molecule has 3 rings (SSSR count). The van der Waals surface area contributed by atoms with Gasteiger partial charge < -0.3 is 4.74 Å². The van der Waals surface area contributed by atoms with Crippen LogP contribution in [0.3, 0.4) is 0 Å². The molecule has 0 bridgehead atoms. The Morgan fingerprint density at radius 3 is 2.15 bits per heavy atom. The minimum atomic E-state index is -0.107. The summed E-state index contributed by atoms with van der Waals surface area (Å²) in [5, 5.41) is 0. The van der Waals surface area contributed by atoms with Crippen molar-refractivity contribution in [2.45, 2.75) is 89.9 Å². The summed E-state index contributed by atoms with van der Waals surface area (Å²) in [5.41, 5.74) is 3.83. The van der Waals surface area contributed by atoms with E-state index in [-0.39, 0.29) is 5.97 Å². The molecule has 1 saturated carbocycles. The minimum Gasteiger partial charge on any atom is -0.462 e. The highest BCUT2D eigenvalue weighted by Crippen LogP contribution is 2.38. The van der Waals surface area contributed by atoms with Gasteiger partial charge >= 0.3 is 5.97 Å². The zero-order valence-corrected chi connectivity index (χ0v) is 17.2. The van der Waals surface area contributed by atoms with Gasteiger partial charge in [0.15, 0.2) is 0 Å². The summed E-state index contributed by atoms with van der Waals surface area (Å²) >= 11 is 0. The maximum absolute atomic E-state index is 12.0. The van der Waals surface area contributed by atoms with Gasteiger partial charge in [0, 0.05) is 5.57 Å². The summed E-state index contributed by atoms with van der Waals surface area (Å²) in [5.74, 6) is 2.17. The molecule has 1 aromatic carbocycles. The van der Waals surface area contributed by atoms with Crippen LogP contribution in [-0.4, -0.2) is 12.6 Å². The van der Waals surface area contributed by atoms with Crippen LogP contribution in [0, 0.1) is 5.92 Å². The average Bonchev–Trinajstić information content (AvgIpc) is 2.73. The molecule has 0 amide bonds. The van der Waals surface area contributed by atoms with Crippen LogP contribution in [0.5, 0.6) is 0 Å². The van der Waals surface area contributed by atoms with Gasteiger partial charge in [0.2, 0.25) is 0 Å². The van der Waals surface area contributed by atoms with Gasteiger partial charge in [-0.3, -0.25) is 0 Å². The molecule has 0 aliphatic heterocycles. The maximum Gasteiger partial charge on any atom is 0.333 e. The molecule has 2 nitrogen and oxygen atoms in total. The van der Waals surface area contributed by atoms with Crippen molar-refractivity contribution in [1.82, 2.24) is 0 Å². The summed E-state index contributed by atoms with van der Waals surface area (Å²) in [4.78, 5) is 12.0. The van der Waals surface area contributed by atoms with Crippen LogP contribution in [0.2, 0.25) is 0 Å². The Labute approximate surface area is 165 Å². The first-order valence-corrected chi connectivity index (χ1v) is 11.2. The van der Waals surface area contributed by atoms with Crippen LogP contribution < -0.4 is 0 Å². The topological polar surface area (TPSA) is 26.3 Å². The molecular weight excluding hydrogens is 332 g/mol. The van der Waals surface area contributed by atoms with Gasteiger partial charge in [0.05, 0.1) is 6.61 Å². The number of benzene rings is 1. The fourth-order valence-electron chi connectivity index (χ4n) is 4.84. The van der Waals surface area contributed by atoms with E-state index >= 15 is 0 Å². The first kappa shape index (κ1) is 20.2. The fourth-order valence-corrected chi connectivity index (χ4v) is 4.84. The number of rotatable bonds is 7. The summed E-state index contributed by atoms with van der Waals surface area (Å²) in [7, 11) is 0. The number of carbonyl (C=O) groups excluding carboxylic acids is 1. The third kappa shape index (κ3) is 5.46. The standard InChI is InChI=1S/C25H36O2/c1-3-5-19-6-8-20(9-7-19)21-10-12-22(13-11-21)23-14-16-24(17-15-23)25(26)27-18-4-2/h10-13,16,19-20,23H,3-9,14-15,17-18H2,1-2H3. The van der Waals surface area contributed by atoms with Crippen LogP contribution >= 0.6 is 0 Å². The third-order valence-electron chi connectivity index (χ3n) is 6.53. The van der Waals surface area contributed by atoms with Gasteiger partial charge in [-0.1, -0.05) is 57.0 Å². The van der Waals surface area contributed by atoms with Gasteiger partial charge in [-0.15, -0.1) is 0 Å². The number of hydrogen-bond acceptors (Lipinski definition) is 2. The molecule has 27 heavy (non-hydrogen) atoms. The molecule has 0 radical (unpaired) electrons. The molecule has 0 N–H and O–H groups in total.